The summed E-state index contributed by atoms with van der Waals surface area (Å²) in [4.78, 5) is 23.7. The summed E-state index contributed by atoms with van der Waals surface area (Å²) in [5.74, 6) is -0.882. The van der Waals surface area contributed by atoms with Crippen LogP contribution in [0.5, 0.6) is 11.5 Å². The van der Waals surface area contributed by atoms with Gasteiger partial charge in [0.15, 0.2) is 12.5 Å². The van der Waals surface area contributed by atoms with E-state index in [4.69, 9.17) is 9.47 Å². The fourth-order valence-corrected chi connectivity index (χ4v) is 5.29. The van der Waals surface area contributed by atoms with Gasteiger partial charge in [0, 0.05) is 50.5 Å². The second kappa shape index (κ2) is 8.76. The highest BCUT2D eigenvalue weighted by Crippen LogP contribution is 2.51. The minimum atomic E-state index is -2.66. The van der Waals surface area contributed by atoms with Gasteiger partial charge in [-0.25, -0.2) is 13.8 Å². The van der Waals surface area contributed by atoms with Crippen molar-refractivity contribution < 1.29 is 23.0 Å². The number of nitrogens with zero attached hydrogens (tertiary/aromatic N) is 5. The molecule has 0 aromatic carbocycles. The predicted molar refractivity (Wildman–Crippen MR) is 130 cm³/mol. The molecular formula is C26H28F2N6O3. The first-order chi connectivity index (χ1) is 17.7. The highest BCUT2D eigenvalue weighted by Gasteiger charge is 2.57. The molecule has 2 atom stereocenters. The average molecular weight is 511 g/mol. The van der Waals surface area contributed by atoms with Crippen LogP contribution in [0.4, 0.5) is 14.6 Å². The number of likely N-dealkylation sites (tertiary alicyclic amines) is 1. The van der Waals surface area contributed by atoms with Gasteiger partial charge in [-0.2, -0.15) is 5.10 Å². The second-order valence-corrected chi connectivity index (χ2v) is 10.1. The monoisotopic (exact) mass is 510 g/mol. The molecule has 5 heterocycles. The number of halogens is 2. The van der Waals surface area contributed by atoms with E-state index in [0.717, 1.165) is 11.3 Å². The first kappa shape index (κ1) is 23.8. The van der Waals surface area contributed by atoms with Crippen LogP contribution in [0, 0.1) is 12.3 Å². The van der Waals surface area contributed by atoms with Gasteiger partial charge in [0.2, 0.25) is 11.8 Å². The summed E-state index contributed by atoms with van der Waals surface area (Å²) in [5, 5.41) is 7.39. The normalized spacial score (nSPS) is 23.9. The van der Waals surface area contributed by atoms with E-state index >= 15 is 0 Å². The number of pyridine rings is 2. The predicted octanol–water partition coefficient (Wildman–Crippen LogP) is 4.50. The van der Waals surface area contributed by atoms with Gasteiger partial charge in [-0.05, 0) is 44.4 Å². The molecule has 194 valence electrons. The minimum absolute atomic E-state index is 0.0619. The van der Waals surface area contributed by atoms with Crippen LogP contribution >= 0.6 is 0 Å². The lowest BCUT2D eigenvalue weighted by Crippen LogP contribution is -2.41. The van der Waals surface area contributed by atoms with Crippen LogP contribution in [0.15, 0.2) is 42.9 Å². The first-order valence-corrected chi connectivity index (χ1v) is 12.4. The van der Waals surface area contributed by atoms with Gasteiger partial charge in [0.1, 0.15) is 17.3 Å². The molecule has 0 radical (unpaired) electrons. The molecule has 6 rings (SSSR count). The number of nitrogens with one attached hydrogen (secondary N) is 1. The van der Waals surface area contributed by atoms with Crippen molar-refractivity contribution in [3.8, 4) is 22.8 Å². The summed E-state index contributed by atoms with van der Waals surface area (Å²) >= 11 is 0. The van der Waals surface area contributed by atoms with Gasteiger partial charge >= 0.3 is 0 Å². The van der Waals surface area contributed by atoms with E-state index in [1.54, 1.807) is 34.1 Å². The Labute approximate surface area is 212 Å². The van der Waals surface area contributed by atoms with E-state index in [2.05, 4.69) is 20.4 Å². The molecule has 1 aliphatic carbocycles. The molecule has 3 aliphatic rings. The number of hydrogen-bond donors (Lipinski definition) is 1. The number of hydrogen-bond acceptors (Lipinski definition) is 7. The lowest BCUT2D eigenvalue weighted by Gasteiger charge is -2.35. The van der Waals surface area contributed by atoms with Gasteiger partial charge in [0.05, 0.1) is 23.0 Å². The third kappa shape index (κ3) is 4.63. The van der Waals surface area contributed by atoms with Crippen LogP contribution in [0.1, 0.15) is 37.8 Å². The van der Waals surface area contributed by atoms with Crippen LogP contribution in [0.3, 0.4) is 0 Å². The summed E-state index contributed by atoms with van der Waals surface area (Å²) in [6, 6.07) is 7.24. The maximum atomic E-state index is 13.6. The van der Waals surface area contributed by atoms with E-state index in [9.17, 15) is 13.6 Å². The molecule has 1 N–H and O–H groups in total. The Balaban J connectivity index is 1.07. The fourth-order valence-electron chi connectivity index (χ4n) is 5.29. The SMILES string of the molecule is Cc1nc(NC2OC2N2CCC3(CCC(F)(F)CC3)C2=O)ccc1Oc1ccnc(-c2cnn(C)c2)c1. The number of anilines is 1. The Bertz CT molecular complexity index is 1340. The zero-order valence-corrected chi connectivity index (χ0v) is 20.7. The molecule has 11 heteroatoms. The third-order valence-electron chi connectivity index (χ3n) is 7.55. The average Bonchev–Trinajstić information content (AvgIpc) is 3.34. The molecule has 1 spiro atoms. The topological polar surface area (TPSA) is 97.7 Å². The number of carbonyl (C=O) groups excluding carboxylic acids is 1. The number of epoxide rings is 1. The first-order valence-electron chi connectivity index (χ1n) is 12.4. The number of carbonyl (C=O) groups is 1. The smallest absolute Gasteiger partial charge is 0.248 e. The molecule has 37 heavy (non-hydrogen) atoms. The standard InChI is InChI=1S/C26H28F2N6O3/c1-16-20(36-18-5-11-29-19(13-18)17-14-30-33(2)15-17)3-4-21(31-16)32-22-23(37-22)34-12-10-25(24(34)35)6-8-26(27,28)9-7-25/h3-5,11,13-15,22-23H,6-10,12H2,1-2H3,(H,31,32). The van der Waals surface area contributed by atoms with E-state index in [-0.39, 0.29) is 37.8 Å². The molecular weight excluding hydrogens is 482 g/mol. The number of rotatable bonds is 6. The van der Waals surface area contributed by atoms with E-state index in [1.807, 2.05) is 32.3 Å². The number of amides is 1. The Morgan fingerprint density at radius 1 is 1.16 bits per heavy atom. The van der Waals surface area contributed by atoms with Gasteiger partial charge in [0.25, 0.3) is 0 Å². The third-order valence-corrected chi connectivity index (χ3v) is 7.55. The molecule has 1 amide bonds. The van der Waals surface area contributed by atoms with Gasteiger partial charge in [-0.1, -0.05) is 0 Å². The highest BCUT2D eigenvalue weighted by atomic mass is 19.3. The molecule has 2 aliphatic heterocycles. The maximum absolute atomic E-state index is 13.6. The number of alkyl halides is 2. The molecule has 3 fully saturated rings. The number of ether oxygens (including phenoxy) is 2. The van der Waals surface area contributed by atoms with Crippen molar-refractivity contribution in [3.05, 3.63) is 48.5 Å². The maximum Gasteiger partial charge on any atom is 0.248 e. The molecule has 3 aromatic heterocycles. The molecule has 2 saturated heterocycles. The fraction of sp³-hybridized carbons (Fsp3) is 0.462. The molecule has 9 nitrogen and oxygen atoms in total. The minimum Gasteiger partial charge on any atom is -0.455 e. The van der Waals surface area contributed by atoms with Crippen molar-refractivity contribution in [1.82, 2.24) is 24.6 Å². The molecule has 0 bridgehead atoms. The summed E-state index contributed by atoms with van der Waals surface area (Å²) in [6.45, 7) is 2.38. The zero-order chi connectivity index (χ0) is 25.8. The lowest BCUT2D eigenvalue weighted by atomic mass is 9.72. The van der Waals surface area contributed by atoms with Crippen molar-refractivity contribution in [3.63, 3.8) is 0 Å². The summed E-state index contributed by atoms with van der Waals surface area (Å²) in [7, 11) is 1.85. The Kier molecular flexibility index (Phi) is 5.63. The summed E-state index contributed by atoms with van der Waals surface area (Å²) < 4.78 is 40.8. The summed E-state index contributed by atoms with van der Waals surface area (Å²) in [5.41, 5.74) is 1.67. The van der Waals surface area contributed by atoms with Crippen molar-refractivity contribution in [2.24, 2.45) is 12.5 Å². The van der Waals surface area contributed by atoms with Crippen LogP contribution in [0.2, 0.25) is 0 Å². The largest absolute Gasteiger partial charge is 0.455 e. The van der Waals surface area contributed by atoms with Crippen molar-refractivity contribution in [1.29, 1.82) is 0 Å². The van der Waals surface area contributed by atoms with Crippen LogP contribution < -0.4 is 10.1 Å². The zero-order valence-electron chi connectivity index (χ0n) is 20.7. The van der Waals surface area contributed by atoms with Gasteiger partial charge in [-0.15, -0.1) is 0 Å². The molecule has 2 unspecified atom stereocenters. The van der Waals surface area contributed by atoms with E-state index in [1.165, 1.54) is 0 Å². The Morgan fingerprint density at radius 2 is 1.97 bits per heavy atom. The number of aryl methyl sites for hydroxylation is 2. The summed E-state index contributed by atoms with van der Waals surface area (Å²) in [6.07, 6.45) is 5.17. The van der Waals surface area contributed by atoms with E-state index in [0.29, 0.717) is 36.0 Å². The number of aromatic nitrogens is 4. The van der Waals surface area contributed by atoms with Crippen LogP contribution in [-0.2, 0) is 16.6 Å². The van der Waals surface area contributed by atoms with Crippen LogP contribution in [0.25, 0.3) is 11.3 Å². The van der Waals surface area contributed by atoms with Crippen LogP contribution in [-0.4, -0.2) is 55.5 Å². The lowest BCUT2D eigenvalue weighted by molar-refractivity contribution is -0.144. The van der Waals surface area contributed by atoms with E-state index < -0.39 is 17.6 Å². The van der Waals surface area contributed by atoms with Gasteiger partial charge in [-0.3, -0.25) is 14.5 Å². The quantitative estimate of drug-likeness (QED) is 0.488. The molecule has 1 saturated carbocycles. The van der Waals surface area contributed by atoms with Crippen molar-refractivity contribution >= 4 is 11.7 Å². The Hall–Kier alpha value is -3.60. The molecule has 3 aromatic rings. The highest BCUT2D eigenvalue weighted by molar-refractivity contribution is 5.85. The Morgan fingerprint density at radius 3 is 2.70 bits per heavy atom. The van der Waals surface area contributed by atoms with Gasteiger partial charge < -0.3 is 19.7 Å². The van der Waals surface area contributed by atoms with Crippen molar-refractivity contribution in [2.45, 2.75) is 57.4 Å². The second-order valence-electron chi connectivity index (χ2n) is 10.1. The van der Waals surface area contributed by atoms with Crippen molar-refractivity contribution in [2.75, 3.05) is 11.9 Å².